The molecule has 1 aromatic rings. The Kier molecular flexibility index (Phi) is 7.76. The minimum Gasteiger partial charge on any atom is -0.356 e. The SMILES string of the molecule is CN(C)S(=O)(=O)NCC(=O)N1CCCCCNC(=O)CC1c1ccccc1. The fraction of sp³-hybridized carbons (Fsp3) is 0.556. The first-order valence-corrected chi connectivity index (χ1v) is 10.5. The van der Waals surface area contributed by atoms with Crippen LogP contribution in [0.5, 0.6) is 0 Å². The van der Waals surface area contributed by atoms with Gasteiger partial charge in [-0.3, -0.25) is 9.59 Å². The molecule has 1 saturated heterocycles. The molecule has 0 saturated carbocycles. The maximum atomic E-state index is 12.9. The molecule has 0 spiro atoms. The van der Waals surface area contributed by atoms with E-state index in [-0.39, 0.29) is 24.8 Å². The largest absolute Gasteiger partial charge is 0.356 e. The van der Waals surface area contributed by atoms with Crippen LogP contribution in [0.3, 0.4) is 0 Å². The van der Waals surface area contributed by atoms with Crippen LogP contribution in [0.4, 0.5) is 0 Å². The number of carbonyl (C=O) groups excluding carboxylic acids is 2. The number of rotatable bonds is 5. The van der Waals surface area contributed by atoms with E-state index in [1.165, 1.54) is 14.1 Å². The van der Waals surface area contributed by atoms with Gasteiger partial charge in [0.25, 0.3) is 10.2 Å². The lowest BCUT2D eigenvalue weighted by molar-refractivity contribution is -0.134. The van der Waals surface area contributed by atoms with Gasteiger partial charge in [-0.05, 0) is 24.8 Å². The summed E-state index contributed by atoms with van der Waals surface area (Å²) < 4.78 is 27.2. The third-order valence-corrected chi connectivity index (χ3v) is 6.01. The van der Waals surface area contributed by atoms with E-state index in [9.17, 15) is 18.0 Å². The van der Waals surface area contributed by atoms with Crippen LogP contribution in [0.25, 0.3) is 0 Å². The molecule has 1 aliphatic heterocycles. The van der Waals surface area contributed by atoms with Crippen molar-refractivity contribution in [1.82, 2.24) is 19.2 Å². The predicted molar refractivity (Wildman–Crippen MR) is 103 cm³/mol. The zero-order valence-electron chi connectivity index (χ0n) is 15.8. The molecule has 1 aromatic carbocycles. The minimum absolute atomic E-state index is 0.113. The maximum Gasteiger partial charge on any atom is 0.279 e. The zero-order chi connectivity index (χ0) is 19.9. The zero-order valence-corrected chi connectivity index (χ0v) is 16.7. The highest BCUT2D eigenvalue weighted by atomic mass is 32.2. The van der Waals surface area contributed by atoms with Gasteiger partial charge in [0.05, 0.1) is 19.0 Å². The molecular weight excluding hydrogens is 368 g/mol. The molecule has 150 valence electrons. The smallest absolute Gasteiger partial charge is 0.279 e. The predicted octanol–water partition coefficient (Wildman–Crippen LogP) is 0.643. The van der Waals surface area contributed by atoms with Crippen molar-refractivity contribution in [2.24, 2.45) is 0 Å². The van der Waals surface area contributed by atoms with Gasteiger partial charge in [0.2, 0.25) is 11.8 Å². The number of carbonyl (C=O) groups is 2. The van der Waals surface area contributed by atoms with Gasteiger partial charge in [0.1, 0.15) is 0 Å². The van der Waals surface area contributed by atoms with Crippen molar-refractivity contribution in [1.29, 1.82) is 0 Å². The van der Waals surface area contributed by atoms with E-state index in [4.69, 9.17) is 0 Å². The molecule has 1 atom stereocenters. The van der Waals surface area contributed by atoms with Crippen molar-refractivity contribution >= 4 is 22.0 Å². The summed E-state index contributed by atoms with van der Waals surface area (Å²) in [4.78, 5) is 26.8. The van der Waals surface area contributed by atoms with Gasteiger partial charge in [-0.15, -0.1) is 0 Å². The van der Waals surface area contributed by atoms with E-state index >= 15 is 0 Å². The van der Waals surface area contributed by atoms with Gasteiger partial charge in [-0.1, -0.05) is 30.3 Å². The lowest BCUT2D eigenvalue weighted by atomic mass is 10.00. The molecule has 0 bridgehead atoms. The van der Waals surface area contributed by atoms with Crippen LogP contribution in [0.15, 0.2) is 30.3 Å². The second-order valence-corrected chi connectivity index (χ2v) is 8.71. The maximum absolute atomic E-state index is 12.9. The summed E-state index contributed by atoms with van der Waals surface area (Å²) in [5.74, 6) is -0.458. The third-order valence-electron chi connectivity index (χ3n) is 4.54. The first-order valence-electron chi connectivity index (χ1n) is 9.09. The Balaban J connectivity index is 2.24. The highest BCUT2D eigenvalue weighted by molar-refractivity contribution is 7.87. The average Bonchev–Trinajstić information content (AvgIpc) is 2.65. The molecule has 8 nitrogen and oxygen atoms in total. The van der Waals surface area contributed by atoms with Crippen LogP contribution in [0, 0.1) is 0 Å². The summed E-state index contributed by atoms with van der Waals surface area (Å²) in [5, 5.41) is 2.89. The van der Waals surface area contributed by atoms with Crippen molar-refractivity contribution in [2.75, 3.05) is 33.7 Å². The molecule has 0 aromatic heterocycles. The van der Waals surface area contributed by atoms with E-state index in [1.54, 1.807) is 4.90 Å². The molecule has 2 rings (SSSR count). The Bertz CT molecular complexity index is 737. The Morgan fingerprint density at radius 3 is 2.59 bits per heavy atom. The van der Waals surface area contributed by atoms with Crippen LogP contribution in [0.1, 0.15) is 37.3 Å². The van der Waals surface area contributed by atoms with Gasteiger partial charge in [-0.25, -0.2) is 0 Å². The molecular formula is C18H28N4O4S. The topological polar surface area (TPSA) is 98.8 Å². The molecule has 1 heterocycles. The van der Waals surface area contributed by atoms with Gasteiger partial charge >= 0.3 is 0 Å². The lowest BCUT2D eigenvalue weighted by Gasteiger charge is -2.33. The van der Waals surface area contributed by atoms with Gasteiger partial charge in [0.15, 0.2) is 0 Å². The monoisotopic (exact) mass is 396 g/mol. The number of hydrogen-bond acceptors (Lipinski definition) is 4. The molecule has 1 aliphatic rings. The Labute approximate surface area is 161 Å². The average molecular weight is 397 g/mol. The van der Waals surface area contributed by atoms with E-state index in [0.717, 1.165) is 29.1 Å². The van der Waals surface area contributed by atoms with Crippen molar-refractivity contribution in [3.8, 4) is 0 Å². The highest BCUT2D eigenvalue weighted by Crippen LogP contribution is 2.25. The summed E-state index contributed by atoms with van der Waals surface area (Å²) in [6.45, 7) is 0.776. The number of hydrogen-bond donors (Lipinski definition) is 2. The molecule has 0 radical (unpaired) electrons. The van der Waals surface area contributed by atoms with Gasteiger partial charge in [0, 0.05) is 27.2 Å². The number of nitrogens with one attached hydrogen (secondary N) is 2. The number of amides is 2. The van der Waals surface area contributed by atoms with Crippen LogP contribution >= 0.6 is 0 Å². The van der Waals surface area contributed by atoms with Gasteiger partial charge < -0.3 is 10.2 Å². The van der Waals surface area contributed by atoms with Crippen LogP contribution < -0.4 is 10.0 Å². The standard InChI is InChI=1S/C18H28N4O4S/c1-21(2)27(25,26)20-14-18(24)22-12-8-4-7-11-19-17(23)13-16(22)15-9-5-3-6-10-15/h3,5-6,9-10,16,20H,4,7-8,11-14H2,1-2H3,(H,19,23). The first-order chi connectivity index (χ1) is 12.8. The summed E-state index contributed by atoms with van der Waals surface area (Å²) in [6.07, 6.45) is 2.69. The van der Waals surface area contributed by atoms with E-state index < -0.39 is 16.3 Å². The summed E-state index contributed by atoms with van der Waals surface area (Å²) in [5.41, 5.74) is 0.858. The molecule has 1 unspecified atom stereocenters. The molecule has 0 aliphatic carbocycles. The minimum atomic E-state index is -3.70. The normalized spacial score (nSPS) is 19.6. The Morgan fingerprint density at radius 2 is 1.93 bits per heavy atom. The summed E-state index contributed by atoms with van der Waals surface area (Å²) in [6, 6.07) is 8.94. The Hall–Kier alpha value is -1.97. The molecule has 2 amide bonds. The van der Waals surface area contributed by atoms with Crippen LogP contribution in [-0.2, 0) is 19.8 Å². The van der Waals surface area contributed by atoms with Crippen molar-refractivity contribution in [3.63, 3.8) is 0 Å². The quantitative estimate of drug-likeness (QED) is 0.763. The molecule has 27 heavy (non-hydrogen) atoms. The fourth-order valence-corrected chi connectivity index (χ4v) is 3.54. The second kappa shape index (κ2) is 9.82. The van der Waals surface area contributed by atoms with E-state index in [1.807, 2.05) is 30.3 Å². The fourth-order valence-electron chi connectivity index (χ4n) is 2.98. The number of benzene rings is 1. The van der Waals surface area contributed by atoms with E-state index in [0.29, 0.717) is 13.1 Å². The van der Waals surface area contributed by atoms with Crippen molar-refractivity contribution < 1.29 is 18.0 Å². The summed E-state index contributed by atoms with van der Waals surface area (Å²) in [7, 11) is -0.905. The van der Waals surface area contributed by atoms with Crippen LogP contribution in [0.2, 0.25) is 0 Å². The molecule has 9 heteroatoms. The number of nitrogens with zero attached hydrogens (tertiary/aromatic N) is 2. The third kappa shape index (κ3) is 6.30. The second-order valence-electron chi connectivity index (χ2n) is 6.74. The van der Waals surface area contributed by atoms with Gasteiger partial charge in [-0.2, -0.15) is 17.4 Å². The summed E-state index contributed by atoms with van der Waals surface area (Å²) >= 11 is 0. The Morgan fingerprint density at radius 1 is 1.22 bits per heavy atom. The lowest BCUT2D eigenvalue weighted by Crippen LogP contribution is -2.46. The first kappa shape index (κ1) is 21.3. The molecule has 2 N–H and O–H groups in total. The van der Waals surface area contributed by atoms with Crippen molar-refractivity contribution in [2.45, 2.75) is 31.7 Å². The van der Waals surface area contributed by atoms with Crippen molar-refractivity contribution in [3.05, 3.63) is 35.9 Å². The van der Waals surface area contributed by atoms with Crippen LogP contribution in [-0.4, -0.2) is 63.2 Å². The highest BCUT2D eigenvalue weighted by Gasteiger charge is 2.28. The molecule has 1 fully saturated rings. The van der Waals surface area contributed by atoms with E-state index in [2.05, 4.69) is 10.0 Å².